The van der Waals surface area contributed by atoms with Crippen LogP contribution in [-0.4, -0.2) is 29.9 Å². The van der Waals surface area contributed by atoms with Gasteiger partial charge in [-0.25, -0.2) is 0 Å². The Bertz CT molecular complexity index is 318. The SMILES string of the molecule is COc1ccc([Si](OC)(OC)C(C)C)cc1. The first-order valence-electron chi connectivity index (χ1n) is 5.35. The van der Waals surface area contributed by atoms with E-state index in [0.717, 1.165) is 10.9 Å². The van der Waals surface area contributed by atoms with Gasteiger partial charge in [-0.2, -0.15) is 0 Å². The summed E-state index contributed by atoms with van der Waals surface area (Å²) in [5, 5.41) is 1.13. The molecule has 0 atom stereocenters. The predicted octanol–water partition coefficient (Wildman–Crippen LogP) is 2.05. The lowest BCUT2D eigenvalue weighted by Crippen LogP contribution is -2.54. The van der Waals surface area contributed by atoms with Gasteiger partial charge in [-0.05, 0) is 17.3 Å². The molecule has 0 aliphatic rings. The molecule has 1 rings (SSSR count). The highest BCUT2D eigenvalue weighted by Gasteiger charge is 2.41. The molecule has 0 unspecified atom stereocenters. The molecule has 0 saturated carbocycles. The van der Waals surface area contributed by atoms with Crippen LogP contribution in [0, 0.1) is 0 Å². The summed E-state index contributed by atoms with van der Waals surface area (Å²) in [6.07, 6.45) is 0. The van der Waals surface area contributed by atoms with Crippen molar-refractivity contribution in [2.75, 3.05) is 21.3 Å². The zero-order valence-electron chi connectivity index (χ0n) is 10.6. The molecule has 0 fully saturated rings. The lowest BCUT2D eigenvalue weighted by atomic mass is 10.3. The van der Waals surface area contributed by atoms with Crippen LogP contribution >= 0.6 is 0 Å². The van der Waals surface area contributed by atoms with E-state index in [2.05, 4.69) is 13.8 Å². The van der Waals surface area contributed by atoms with E-state index >= 15 is 0 Å². The summed E-state index contributed by atoms with van der Waals surface area (Å²) in [6, 6.07) is 7.94. The summed E-state index contributed by atoms with van der Waals surface area (Å²) in [7, 11) is 2.82. The smallest absolute Gasteiger partial charge is 0.374 e. The van der Waals surface area contributed by atoms with Crippen molar-refractivity contribution in [2.24, 2.45) is 0 Å². The molecule has 0 radical (unpaired) electrons. The Kier molecular flexibility index (Phi) is 4.52. The van der Waals surface area contributed by atoms with Crippen LogP contribution in [0.4, 0.5) is 0 Å². The predicted molar refractivity (Wildman–Crippen MR) is 67.5 cm³/mol. The molecule has 0 bridgehead atoms. The maximum atomic E-state index is 5.68. The van der Waals surface area contributed by atoms with Gasteiger partial charge in [0.25, 0.3) is 0 Å². The first-order chi connectivity index (χ1) is 7.60. The van der Waals surface area contributed by atoms with Gasteiger partial charge in [-0.15, -0.1) is 0 Å². The maximum absolute atomic E-state index is 5.68. The highest BCUT2D eigenvalue weighted by molar-refractivity contribution is 6.82. The molecule has 0 aliphatic heterocycles. The van der Waals surface area contributed by atoms with Crippen LogP contribution in [0.3, 0.4) is 0 Å². The van der Waals surface area contributed by atoms with Gasteiger partial charge in [0, 0.05) is 19.8 Å². The van der Waals surface area contributed by atoms with Gasteiger partial charge < -0.3 is 13.6 Å². The van der Waals surface area contributed by atoms with E-state index in [-0.39, 0.29) is 0 Å². The number of hydrogen-bond acceptors (Lipinski definition) is 3. The average molecular weight is 240 g/mol. The minimum atomic E-state index is -2.29. The quantitative estimate of drug-likeness (QED) is 0.737. The second-order valence-electron chi connectivity index (χ2n) is 3.96. The first kappa shape index (κ1) is 13.2. The third-order valence-electron chi connectivity index (χ3n) is 2.86. The minimum Gasteiger partial charge on any atom is -0.497 e. The zero-order valence-corrected chi connectivity index (χ0v) is 11.6. The maximum Gasteiger partial charge on any atom is 0.374 e. The molecule has 0 saturated heterocycles. The van der Waals surface area contributed by atoms with Crippen LogP contribution in [0.15, 0.2) is 24.3 Å². The lowest BCUT2D eigenvalue weighted by molar-refractivity contribution is 0.248. The number of hydrogen-bond donors (Lipinski definition) is 0. The summed E-state index contributed by atoms with van der Waals surface area (Å²) >= 11 is 0. The molecule has 0 amide bonds. The molecule has 16 heavy (non-hydrogen) atoms. The summed E-state index contributed by atoms with van der Waals surface area (Å²) in [6.45, 7) is 4.26. The highest BCUT2D eigenvalue weighted by Crippen LogP contribution is 2.22. The molecule has 0 N–H and O–H groups in total. The van der Waals surface area contributed by atoms with Crippen LogP contribution in [0.5, 0.6) is 5.75 Å². The molecule has 90 valence electrons. The summed E-state index contributed by atoms with van der Waals surface area (Å²) < 4.78 is 16.5. The van der Waals surface area contributed by atoms with Gasteiger partial charge >= 0.3 is 8.56 Å². The van der Waals surface area contributed by atoms with Crippen molar-refractivity contribution in [3.05, 3.63) is 24.3 Å². The van der Waals surface area contributed by atoms with Crippen LogP contribution in [0.25, 0.3) is 0 Å². The van der Waals surface area contributed by atoms with Gasteiger partial charge in [-0.1, -0.05) is 26.0 Å². The van der Waals surface area contributed by atoms with Gasteiger partial charge in [0.1, 0.15) is 5.75 Å². The Labute approximate surface area is 98.6 Å². The van der Waals surface area contributed by atoms with E-state index in [1.807, 2.05) is 24.3 Å². The van der Waals surface area contributed by atoms with Crippen LogP contribution in [-0.2, 0) is 8.85 Å². The van der Waals surface area contributed by atoms with Crippen molar-refractivity contribution in [1.82, 2.24) is 0 Å². The topological polar surface area (TPSA) is 27.7 Å². The number of rotatable bonds is 5. The van der Waals surface area contributed by atoms with Gasteiger partial charge in [-0.3, -0.25) is 0 Å². The fraction of sp³-hybridized carbons (Fsp3) is 0.500. The molecular formula is C12H20O3Si. The third-order valence-corrected chi connectivity index (χ3v) is 6.73. The third kappa shape index (κ3) is 2.29. The average Bonchev–Trinajstić information content (AvgIpc) is 2.32. The summed E-state index contributed by atoms with van der Waals surface area (Å²) in [5.74, 6) is 0.850. The monoisotopic (exact) mass is 240 g/mol. The van der Waals surface area contributed by atoms with E-state index in [9.17, 15) is 0 Å². The molecule has 4 heteroatoms. The first-order valence-corrected chi connectivity index (χ1v) is 7.25. The van der Waals surface area contributed by atoms with Crippen molar-refractivity contribution >= 4 is 13.7 Å². The molecule has 0 spiro atoms. The van der Waals surface area contributed by atoms with Crippen molar-refractivity contribution in [2.45, 2.75) is 19.4 Å². The fourth-order valence-corrected chi connectivity index (χ4v) is 4.83. The summed E-state index contributed by atoms with van der Waals surface area (Å²) in [5.41, 5.74) is 0.357. The Morgan fingerprint density at radius 2 is 1.44 bits per heavy atom. The normalized spacial score (nSPS) is 11.9. The number of ether oxygens (including phenoxy) is 1. The zero-order chi connectivity index (χ0) is 12.2. The van der Waals surface area contributed by atoms with Crippen molar-refractivity contribution in [3.63, 3.8) is 0 Å². The largest absolute Gasteiger partial charge is 0.497 e. The van der Waals surface area contributed by atoms with Crippen LogP contribution in [0.1, 0.15) is 13.8 Å². The molecule has 1 aromatic rings. The van der Waals surface area contributed by atoms with Crippen LogP contribution < -0.4 is 9.92 Å². The van der Waals surface area contributed by atoms with E-state index in [0.29, 0.717) is 5.54 Å². The Morgan fingerprint density at radius 3 is 1.75 bits per heavy atom. The highest BCUT2D eigenvalue weighted by atomic mass is 28.4. The van der Waals surface area contributed by atoms with E-state index in [4.69, 9.17) is 13.6 Å². The molecule has 0 aliphatic carbocycles. The van der Waals surface area contributed by atoms with E-state index in [1.54, 1.807) is 21.3 Å². The van der Waals surface area contributed by atoms with Crippen molar-refractivity contribution < 1.29 is 13.6 Å². The van der Waals surface area contributed by atoms with Gasteiger partial charge in [0.2, 0.25) is 0 Å². The van der Waals surface area contributed by atoms with E-state index < -0.39 is 8.56 Å². The van der Waals surface area contributed by atoms with Crippen LogP contribution in [0.2, 0.25) is 5.54 Å². The van der Waals surface area contributed by atoms with Gasteiger partial charge in [0.15, 0.2) is 0 Å². The van der Waals surface area contributed by atoms with Crippen molar-refractivity contribution in [1.29, 1.82) is 0 Å². The van der Waals surface area contributed by atoms with E-state index in [1.165, 1.54) is 0 Å². The fourth-order valence-electron chi connectivity index (χ4n) is 1.95. The van der Waals surface area contributed by atoms with Gasteiger partial charge in [0.05, 0.1) is 7.11 Å². The summed E-state index contributed by atoms with van der Waals surface area (Å²) in [4.78, 5) is 0. The second-order valence-corrected chi connectivity index (χ2v) is 7.84. The Hall–Kier alpha value is -0.843. The molecule has 0 heterocycles. The number of benzene rings is 1. The molecule has 3 nitrogen and oxygen atoms in total. The Balaban J connectivity index is 3.10. The molecular weight excluding hydrogens is 220 g/mol. The lowest BCUT2D eigenvalue weighted by Gasteiger charge is -2.31. The Morgan fingerprint density at radius 1 is 0.938 bits per heavy atom. The second kappa shape index (κ2) is 5.47. The number of methoxy groups -OCH3 is 1. The standard InChI is InChI=1S/C12H20O3Si/c1-10(2)16(14-4,15-5)12-8-6-11(13-3)7-9-12/h6-10H,1-5H3. The molecule has 0 aromatic heterocycles. The van der Waals surface area contributed by atoms with Crippen molar-refractivity contribution in [3.8, 4) is 5.75 Å². The minimum absolute atomic E-state index is 0.357. The molecule has 1 aromatic carbocycles.